The number of allylic oxidation sites excluding steroid dienone is 1. The zero-order valence-corrected chi connectivity index (χ0v) is 11.1. The number of hydrogen-bond acceptors (Lipinski definition) is 3. The predicted molar refractivity (Wildman–Crippen MR) is 77.2 cm³/mol. The molecule has 0 saturated carbocycles. The molecular weight excluding hydrogens is 236 g/mol. The van der Waals surface area contributed by atoms with Crippen molar-refractivity contribution in [1.82, 2.24) is 4.98 Å². The maximum absolute atomic E-state index is 11.9. The Bertz CT molecular complexity index is 600. The van der Waals surface area contributed by atoms with Gasteiger partial charge in [-0.2, -0.15) is 0 Å². The van der Waals surface area contributed by atoms with Crippen molar-refractivity contribution in [2.24, 2.45) is 0 Å². The van der Waals surface area contributed by atoms with Gasteiger partial charge in [0.2, 0.25) is 0 Å². The summed E-state index contributed by atoms with van der Waals surface area (Å²) in [5.41, 5.74) is 2.76. The Morgan fingerprint density at radius 2 is 1.84 bits per heavy atom. The Kier molecular flexibility index (Phi) is 4.08. The number of hydrogen-bond donors (Lipinski definition) is 1. The number of nitrogens with zero attached hydrogens (tertiary/aromatic N) is 1. The number of carbonyl (C=O) groups excluding carboxylic acids is 1. The molecule has 0 amide bonds. The van der Waals surface area contributed by atoms with Crippen LogP contribution in [0.15, 0.2) is 54.7 Å². The first-order valence-electron chi connectivity index (χ1n) is 6.13. The van der Waals surface area contributed by atoms with Crippen molar-refractivity contribution >= 4 is 11.6 Å². The number of anilines is 1. The van der Waals surface area contributed by atoms with Gasteiger partial charge in [-0.15, -0.1) is 0 Å². The molecule has 0 aliphatic heterocycles. The fraction of sp³-hybridized carbons (Fsp3) is 0.125. The maximum atomic E-state index is 11.9. The van der Waals surface area contributed by atoms with Gasteiger partial charge in [0, 0.05) is 23.5 Å². The fourth-order valence-electron chi connectivity index (χ4n) is 1.64. The lowest BCUT2D eigenvalue weighted by molar-refractivity contribution is 0.104. The van der Waals surface area contributed by atoms with Crippen LogP contribution in [0.3, 0.4) is 0 Å². The van der Waals surface area contributed by atoms with E-state index in [9.17, 15) is 4.79 Å². The summed E-state index contributed by atoms with van der Waals surface area (Å²) in [7, 11) is 0. The van der Waals surface area contributed by atoms with Crippen LogP contribution in [0.25, 0.3) is 0 Å². The van der Waals surface area contributed by atoms with Crippen LogP contribution in [0.2, 0.25) is 0 Å². The number of aromatic nitrogens is 1. The molecule has 2 aromatic rings. The van der Waals surface area contributed by atoms with Crippen LogP contribution in [-0.2, 0) is 0 Å². The second-order valence-electron chi connectivity index (χ2n) is 4.37. The Balaban J connectivity index is 1.99. The quantitative estimate of drug-likeness (QED) is 0.669. The molecule has 0 atom stereocenters. The number of carbonyl (C=O) groups is 1. The minimum Gasteiger partial charge on any atom is -0.347 e. The first-order valence-corrected chi connectivity index (χ1v) is 6.13. The van der Waals surface area contributed by atoms with Crippen LogP contribution in [-0.4, -0.2) is 10.8 Å². The average molecular weight is 252 g/mol. The predicted octanol–water partition coefficient (Wildman–Crippen LogP) is 3.51. The van der Waals surface area contributed by atoms with Crippen LogP contribution >= 0.6 is 0 Å². The Morgan fingerprint density at radius 1 is 1.11 bits per heavy atom. The lowest BCUT2D eigenvalue weighted by Crippen LogP contribution is -1.97. The standard InChI is InChI=1S/C16H16N2O/c1-12-6-8-14(9-7-12)15(19)10-11-17-16-5-3-4-13(2)18-16/h3-11H,1-2H3,(H,17,18)/b11-10+. The minimum absolute atomic E-state index is 0.0276. The van der Waals surface area contributed by atoms with Gasteiger partial charge < -0.3 is 5.32 Å². The number of rotatable bonds is 4. The monoisotopic (exact) mass is 252 g/mol. The van der Waals surface area contributed by atoms with Crippen LogP contribution in [0.4, 0.5) is 5.82 Å². The van der Waals surface area contributed by atoms with Gasteiger partial charge in [0.25, 0.3) is 0 Å². The third-order valence-corrected chi connectivity index (χ3v) is 2.69. The summed E-state index contributed by atoms with van der Waals surface area (Å²) in [6, 6.07) is 13.2. The van der Waals surface area contributed by atoms with E-state index in [1.165, 1.54) is 6.08 Å². The van der Waals surface area contributed by atoms with Crippen molar-refractivity contribution in [3.05, 3.63) is 71.6 Å². The van der Waals surface area contributed by atoms with Crippen molar-refractivity contribution in [2.45, 2.75) is 13.8 Å². The van der Waals surface area contributed by atoms with E-state index in [4.69, 9.17) is 0 Å². The van der Waals surface area contributed by atoms with Gasteiger partial charge in [0.1, 0.15) is 5.82 Å². The molecule has 19 heavy (non-hydrogen) atoms. The summed E-state index contributed by atoms with van der Waals surface area (Å²) in [4.78, 5) is 16.1. The van der Waals surface area contributed by atoms with E-state index in [0.717, 1.165) is 17.1 Å². The highest BCUT2D eigenvalue weighted by atomic mass is 16.1. The SMILES string of the molecule is Cc1ccc(C(=O)/C=C/Nc2cccc(C)n2)cc1. The number of benzene rings is 1. The molecule has 1 N–H and O–H groups in total. The first kappa shape index (κ1) is 13.0. The van der Waals surface area contributed by atoms with E-state index in [2.05, 4.69) is 10.3 Å². The van der Waals surface area contributed by atoms with Gasteiger partial charge in [-0.05, 0) is 26.0 Å². The highest BCUT2D eigenvalue weighted by molar-refractivity contribution is 6.04. The number of pyridine rings is 1. The molecule has 0 fully saturated rings. The molecule has 1 heterocycles. The highest BCUT2D eigenvalue weighted by Crippen LogP contribution is 2.06. The second kappa shape index (κ2) is 5.96. The van der Waals surface area contributed by atoms with Gasteiger partial charge >= 0.3 is 0 Å². The van der Waals surface area contributed by atoms with Crippen molar-refractivity contribution in [2.75, 3.05) is 5.32 Å². The number of aryl methyl sites for hydroxylation is 2. The van der Waals surface area contributed by atoms with Crippen LogP contribution in [0.1, 0.15) is 21.6 Å². The molecule has 0 bridgehead atoms. The van der Waals surface area contributed by atoms with E-state index in [-0.39, 0.29) is 5.78 Å². The molecule has 3 heteroatoms. The molecule has 3 nitrogen and oxygen atoms in total. The number of ketones is 1. The third kappa shape index (κ3) is 3.78. The molecule has 0 spiro atoms. The largest absolute Gasteiger partial charge is 0.347 e. The molecule has 1 aromatic carbocycles. The van der Waals surface area contributed by atoms with Gasteiger partial charge in [0.15, 0.2) is 5.78 Å². The van der Waals surface area contributed by atoms with Crippen LogP contribution in [0, 0.1) is 13.8 Å². The zero-order valence-electron chi connectivity index (χ0n) is 11.1. The summed E-state index contributed by atoms with van der Waals surface area (Å²) >= 11 is 0. The third-order valence-electron chi connectivity index (χ3n) is 2.69. The molecule has 0 unspecified atom stereocenters. The first-order chi connectivity index (χ1) is 9.15. The summed E-state index contributed by atoms with van der Waals surface area (Å²) < 4.78 is 0. The molecule has 0 radical (unpaired) electrons. The fourth-order valence-corrected chi connectivity index (χ4v) is 1.64. The summed E-state index contributed by atoms with van der Waals surface area (Å²) in [5.74, 6) is 0.702. The van der Waals surface area contributed by atoms with Crippen molar-refractivity contribution in [3.8, 4) is 0 Å². The molecule has 2 rings (SSSR count). The van der Waals surface area contributed by atoms with E-state index in [0.29, 0.717) is 5.56 Å². The molecule has 1 aromatic heterocycles. The lowest BCUT2D eigenvalue weighted by Gasteiger charge is -2.00. The van der Waals surface area contributed by atoms with Crippen molar-refractivity contribution in [1.29, 1.82) is 0 Å². The topological polar surface area (TPSA) is 42.0 Å². The lowest BCUT2D eigenvalue weighted by atomic mass is 10.1. The average Bonchev–Trinajstić information content (AvgIpc) is 2.39. The molecular formula is C16H16N2O. The van der Waals surface area contributed by atoms with Gasteiger partial charge in [-0.1, -0.05) is 35.9 Å². The number of nitrogens with one attached hydrogen (secondary N) is 1. The smallest absolute Gasteiger partial charge is 0.187 e. The normalized spacial score (nSPS) is 10.6. The second-order valence-corrected chi connectivity index (χ2v) is 4.37. The van der Waals surface area contributed by atoms with Gasteiger partial charge in [-0.25, -0.2) is 4.98 Å². The molecule has 0 aliphatic carbocycles. The van der Waals surface area contributed by atoms with Crippen molar-refractivity contribution < 1.29 is 4.79 Å². The molecule has 96 valence electrons. The van der Waals surface area contributed by atoms with E-state index in [1.54, 1.807) is 6.20 Å². The van der Waals surface area contributed by atoms with Crippen molar-refractivity contribution in [3.63, 3.8) is 0 Å². The van der Waals surface area contributed by atoms with E-state index in [1.807, 2.05) is 56.3 Å². The Labute approximate surface area is 113 Å². The van der Waals surface area contributed by atoms with Crippen LogP contribution < -0.4 is 5.32 Å². The Morgan fingerprint density at radius 3 is 2.53 bits per heavy atom. The summed E-state index contributed by atoms with van der Waals surface area (Å²) in [6.07, 6.45) is 3.12. The van der Waals surface area contributed by atoms with Crippen LogP contribution in [0.5, 0.6) is 0 Å². The molecule has 0 aliphatic rings. The summed E-state index contributed by atoms with van der Waals surface area (Å²) in [6.45, 7) is 3.92. The molecule has 0 saturated heterocycles. The highest BCUT2D eigenvalue weighted by Gasteiger charge is 2.00. The van der Waals surface area contributed by atoms with Gasteiger partial charge in [-0.3, -0.25) is 4.79 Å². The minimum atomic E-state index is -0.0276. The van der Waals surface area contributed by atoms with Gasteiger partial charge in [0.05, 0.1) is 0 Å². The Hall–Kier alpha value is -2.42. The summed E-state index contributed by atoms with van der Waals surface area (Å²) in [5, 5.41) is 2.99. The maximum Gasteiger partial charge on any atom is 0.187 e. The van der Waals surface area contributed by atoms with E-state index < -0.39 is 0 Å². The van der Waals surface area contributed by atoms with E-state index >= 15 is 0 Å². The zero-order chi connectivity index (χ0) is 13.7.